The molecule has 0 saturated carbocycles. The molecule has 2 aromatic heterocycles. The fourth-order valence-electron chi connectivity index (χ4n) is 5.33. The maximum absolute atomic E-state index is 12.8. The molecular weight excluding hydrogens is 659 g/mol. The van der Waals surface area contributed by atoms with E-state index in [1.165, 1.54) is 11.3 Å². The van der Waals surface area contributed by atoms with Crippen LogP contribution in [0.4, 0.5) is 5.82 Å². The van der Waals surface area contributed by atoms with Gasteiger partial charge < -0.3 is 28.8 Å². The zero-order chi connectivity index (χ0) is 34.1. The van der Waals surface area contributed by atoms with Gasteiger partial charge in [-0.1, -0.05) is 0 Å². The lowest BCUT2D eigenvalue weighted by Crippen LogP contribution is -2.40. The summed E-state index contributed by atoms with van der Waals surface area (Å²) in [7, 11) is -0.711. The van der Waals surface area contributed by atoms with Crippen molar-refractivity contribution in [2.24, 2.45) is 0 Å². The van der Waals surface area contributed by atoms with E-state index in [2.05, 4.69) is 10.5 Å². The van der Waals surface area contributed by atoms with Gasteiger partial charge in [0.05, 0.1) is 35.2 Å². The molecule has 48 heavy (non-hydrogen) atoms. The van der Waals surface area contributed by atoms with Gasteiger partial charge >= 0.3 is 7.05 Å². The Balaban J connectivity index is 1.15. The van der Waals surface area contributed by atoms with Crippen LogP contribution in [0.5, 0.6) is 5.75 Å². The Morgan fingerprint density at radius 1 is 1.25 bits per heavy atom. The molecule has 0 aliphatic carbocycles. The third-order valence-electron chi connectivity index (χ3n) is 8.24. The number of anilines is 1. The summed E-state index contributed by atoms with van der Waals surface area (Å²) >= 11 is 1.52. The summed E-state index contributed by atoms with van der Waals surface area (Å²) < 4.78 is 55.6. The number of hydrogen-bond acceptors (Lipinski definition) is 15. The molecule has 2 aliphatic heterocycles. The average molecular weight is 707 g/mol. The van der Waals surface area contributed by atoms with Crippen molar-refractivity contribution in [1.82, 2.24) is 25.5 Å². The Morgan fingerprint density at radius 2 is 2.10 bits per heavy atom. The van der Waals surface area contributed by atoms with Crippen LogP contribution >= 0.6 is 11.3 Å². The van der Waals surface area contributed by atoms with Crippen LogP contribution in [0.25, 0.3) is 20.8 Å². The Hall–Kier alpha value is -2.45. The minimum atomic E-state index is -3.79. The number of rotatable bonds is 18. The molecule has 3 unspecified atom stereocenters. The number of fused-ring (bicyclic) bond motifs is 1. The van der Waals surface area contributed by atoms with Crippen LogP contribution in [0.1, 0.15) is 32.6 Å². The van der Waals surface area contributed by atoms with Gasteiger partial charge in [-0.15, -0.1) is 11.3 Å². The van der Waals surface area contributed by atoms with Crippen molar-refractivity contribution in [1.29, 1.82) is 0 Å². The molecule has 0 radical (unpaired) electrons. The van der Waals surface area contributed by atoms with Gasteiger partial charge in [0.25, 0.3) is 10.1 Å². The fourth-order valence-corrected chi connectivity index (χ4v) is 7.28. The maximum atomic E-state index is 12.8. The lowest BCUT2D eigenvalue weighted by Gasteiger charge is -2.27. The lowest BCUT2D eigenvalue weighted by molar-refractivity contribution is -0.198. The summed E-state index contributed by atoms with van der Waals surface area (Å²) in [6.07, 6.45) is 3.73. The SMILES string of the molecule is CCOCC1CN(CCCS(=O)(=O)OCC(COc2ccc3nc(-c4ccc(N(C)B(C)O)nc4)sc3c2)OC2CCCCO2)NN1C. The second kappa shape index (κ2) is 17.5. The highest BCUT2D eigenvalue weighted by atomic mass is 32.2. The van der Waals surface area contributed by atoms with E-state index in [1.54, 1.807) is 24.9 Å². The minimum absolute atomic E-state index is 0.0833. The third-order valence-corrected chi connectivity index (χ3v) is 10.6. The monoisotopic (exact) mass is 706 g/mol. The predicted molar refractivity (Wildman–Crippen MR) is 186 cm³/mol. The van der Waals surface area contributed by atoms with E-state index in [-0.39, 0.29) is 25.0 Å². The molecule has 264 valence electrons. The van der Waals surface area contributed by atoms with Crippen molar-refractivity contribution >= 4 is 44.5 Å². The molecule has 2 N–H and O–H groups in total. The number of hydrogen-bond donors (Lipinski definition) is 2. The first-order valence-electron chi connectivity index (χ1n) is 16.5. The van der Waals surface area contributed by atoms with Gasteiger partial charge in [0.15, 0.2) is 6.29 Å². The van der Waals surface area contributed by atoms with Crippen LogP contribution < -0.4 is 15.1 Å². The van der Waals surface area contributed by atoms with Crippen LogP contribution in [0.3, 0.4) is 0 Å². The van der Waals surface area contributed by atoms with E-state index in [4.69, 9.17) is 28.1 Å². The van der Waals surface area contributed by atoms with Crippen LogP contribution in [0.15, 0.2) is 36.5 Å². The Kier molecular flexibility index (Phi) is 13.4. The lowest BCUT2D eigenvalue weighted by atomic mass is 9.86. The zero-order valence-electron chi connectivity index (χ0n) is 28.1. The second-order valence-electron chi connectivity index (χ2n) is 12.0. The molecule has 17 heteroatoms. The smallest absolute Gasteiger partial charge is 0.410 e. The number of nitrogens with zero attached hydrogens (tertiary/aromatic N) is 5. The van der Waals surface area contributed by atoms with Crippen LogP contribution in [0, 0.1) is 0 Å². The largest absolute Gasteiger partial charge is 0.491 e. The summed E-state index contributed by atoms with van der Waals surface area (Å²) in [4.78, 5) is 10.9. The van der Waals surface area contributed by atoms with Crippen molar-refractivity contribution in [3.05, 3.63) is 36.5 Å². The van der Waals surface area contributed by atoms with Crippen molar-refractivity contribution in [3.63, 3.8) is 0 Å². The minimum Gasteiger partial charge on any atom is -0.491 e. The van der Waals surface area contributed by atoms with Gasteiger partial charge in [-0.05, 0) is 76.8 Å². The number of likely N-dealkylation sites (N-methyl/N-ethyl adjacent to an activating group) is 1. The number of benzene rings is 1. The third kappa shape index (κ3) is 10.5. The number of aromatic nitrogens is 2. The van der Waals surface area contributed by atoms with Crippen molar-refractivity contribution in [2.75, 3.05) is 70.8 Å². The van der Waals surface area contributed by atoms with Gasteiger partial charge in [0.2, 0.25) is 0 Å². The van der Waals surface area contributed by atoms with E-state index < -0.39 is 29.6 Å². The molecule has 3 aromatic rings. The van der Waals surface area contributed by atoms with Crippen molar-refractivity contribution < 1.29 is 36.6 Å². The Labute approximate surface area is 287 Å². The van der Waals surface area contributed by atoms with Crippen LogP contribution in [-0.2, 0) is 28.5 Å². The molecule has 0 bridgehead atoms. The second-order valence-corrected chi connectivity index (χ2v) is 14.8. The molecule has 0 spiro atoms. The predicted octanol–water partition coefficient (Wildman–Crippen LogP) is 3.00. The van der Waals surface area contributed by atoms with Crippen molar-refractivity contribution in [2.45, 2.75) is 57.9 Å². The molecule has 2 aliphatic rings. The average Bonchev–Trinajstić information content (AvgIpc) is 3.67. The molecule has 2 fully saturated rings. The molecule has 4 heterocycles. The summed E-state index contributed by atoms with van der Waals surface area (Å²) in [5, 5.41) is 14.6. The Morgan fingerprint density at radius 3 is 2.83 bits per heavy atom. The molecule has 2 saturated heterocycles. The summed E-state index contributed by atoms with van der Waals surface area (Å²) in [5.41, 5.74) is 4.94. The topological polar surface area (TPSA) is 148 Å². The van der Waals surface area contributed by atoms with E-state index in [0.717, 1.165) is 46.6 Å². The van der Waals surface area contributed by atoms with Gasteiger partial charge in [0.1, 0.15) is 29.3 Å². The molecule has 1 aromatic carbocycles. The van der Waals surface area contributed by atoms with Gasteiger partial charge in [-0.25, -0.2) is 20.0 Å². The Bertz CT molecular complexity index is 1540. The van der Waals surface area contributed by atoms with E-state index >= 15 is 0 Å². The molecule has 5 rings (SSSR count). The quantitative estimate of drug-likeness (QED) is 0.148. The highest BCUT2D eigenvalue weighted by Gasteiger charge is 2.28. The molecular formula is C31H47BN6O8S2. The standard InChI is InChI=1S/C31H47BN6O8S2/c1-5-42-20-24-19-38(35-37(24)4)14-8-16-48(40,41)45-22-26(46-30-9-6-7-15-43-30)21-44-25-11-12-27-28(17-25)47-31(34-27)23-10-13-29(33-18-23)36(3)32(2)39/h10-13,17-18,24,26,30,35,39H,5-9,14-16,19-22H2,1-4H3. The summed E-state index contributed by atoms with van der Waals surface area (Å²) in [6.45, 7) is 6.72. The highest BCUT2D eigenvalue weighted by Crippen LogP contribution is 2.33. The molecule has 14 nitrogen and oxygen atoms in total. The van der Waals surface area contributed by atoms with E-state index in [9.17, 15) is 13.4 Å². The van der Waals surface area contributed by atoms with Gasteiger partial charge in [-0.2, -0.15) is 14.0 Å². The first kappa shape index (κ1) is 36.8. The summed E-state index contributed by atoms with van der Waals surface area (Å²) in [5.74, 6) is 1.16. The number of hydrazine groups is 2. The number of ether oxygens (including phenoxy) is 4. The highest BCUT2D eigenvalue weighted by molar-refractivity contribution is 7.86. The van der Waals surface area contributed by atoms with Crippen molar-refractivity contribution in [3.8, 4) is 16.3 Å². The van der Waals surface area contributed by atoms with Gasteiger partial charge in [-0.3, -0.25) is 4.18 Å². The number of pyridine rings is 1. The maximum Gasteiger partial charge on any atom is 0.410 e. The van der Waals surface area contributed by atoms with E-state index in [0.29, 0.717) is 44.4 Å². The van der Waals surface area contributed by atoms with Crippen LogP contribution in [-0.4, -0.2) is 125 Å². The van der Waals surface area contributed by atoms with Gasteiger partial charge in [0, 0.05) is 45.1 Å². The zero-order valence-corrected chi connectivity index (χ0v) is 29.7. The first-order chi connectivity index (χ1) is 23.1. The van der Waals surface area contributed by atoms with E-state index in [1.807, 2.05) is 54.3 Å². The first-order valence-corrected chi connectivity index (χ1v) is 18.9. The normalized spacial score (nSPS) is 19.9. The fraction of sp³-hybridized carbons (Fsp3) is 0.613. The van der Waals surface area contributed by atoms with Crippen LogP contribution in [0.2, 0.25) is 6.82 Å². The molecule has 0 amide bonds. The number of nitrogens with one attached hydrogen (secondary N) is 1. The molecule has 3 atom stereocenters. The summed E-state index contributed by atoms with van der Waals surface area (Å²) in [6, 6.07) is 9.62. The number of thiazole rings is 1.